The standard InChI is InChI=1S/C21H21ClN2O5S/c1-2-14-5-3-8-17-18(12-23-21(14)17)19(25)13-29-20(26)9-10-24-30(27,28)16-7-4-6-15(22)11-16/h3-8,11-12,23-24H,2,9-10,13H2,1H3. The molecule has 0 saturated carbocycles. The number of benzene rings is 2. The fourth-order valence-corrected chi connectivity index (χ4v) is 4.38. The number of hydrogen-bond acceptors (Lipinski definition) is 5. The SMILES string of the molecule is CCc1cccc2c(C(=O)COC(=O)CCNS(=O)(=O)c3cccc(Cl)c3)c[nH]c12. The van der Waals surface area contributed by atoms with Crippen LogP contribution >= 0.6 is 11.6 Å². The van der Waals surface area contributed by atoms with Gasteiger partial charge in [-0.3, -0.25) is 9.59 Å². The monoisotopic (exact) mass is 448 g/mol. The minimum atomic E-state index is -3.79. The maximum Gasteiger partial charge on any atom is 0.307 e. The van der Waals surface area contributed by atoms with E-state index >= 15 is 0 Å². The number of halogens is 1. The second-order valence-electron chi connectivity index (χ2n) is 6.58. The van der Waals surface area contributed by atoms with E-state index in [1.807, 2.05) is 25.1 Å². The highest BCUT2D eigenvalue weighted by atomic mass is 35.5. The zero-order chi connectivity index (χ0) is 21.7. The zero-order valence-electron chi connectivity index (χ0n) is 16.3. The van der Waals surface area contributed by atoms with E-state index in [9.17, 15) is 18.0 Å². The molecule has 0 aliphatic carbocycles. The fraction of sp³-hybridized carbons (Fsp3) is 0.238. The largest absolute Gasteiger partial charge is 0.457 e. The van der Waals surface area contributed by atoms with E-state index < -0.39 is 22.6 Å². The fourth-order valence-electron chi connectivity index (χ4n) is 3.04. The van der Waals surface area contributed by atoms with Crippen molar-refractivity contribution in [2.24, 2.45) is 0 Å². The Morgan fingerprint density at radius 2 is 1.93 bits per heavy atom. The van der Waals surface area contributed by atoms with Crippen LogP contribution in [0.3, 0.4) is 0 Å². The first-order valence-electron chi connectivity index (χ1n) is 9.35. The molecule has 0 aliphatic heterocycles. The Bertz CT molecular complexity index is 1190. The van der Waals surface area contributed by atoms with Crippen LogP contribution in [0.1, 0.15) is 29.3 Å². The van der Waals surface area contributed by atoms with E-state index in [-0.39, 0.29) is 23.6 Å². The quantitative estimate of drug-likeness (QED) is 0.385. The number of aromatic amines is 1. The molecule has 0 fully saturated rings. The van der Waals surface area contributed by atoms with Gasteiger partial charge in [0.15, 0.2) is 6.61 Å². The molecular formula is C21H21ClN2O5S. The molecule has 0 atom stereocenters. The number of rotatable bonds is 9. The smallest absolute Gasteiger partial charge is 0.307 e. The Kier molecular flexibility index (Phi) is 6.91. The summed E-state index contributed by atoms with van der Waals surface area (Å²) in [5.74, 6) is -1.01. The highest BCUT2D eigenvalue weighted by Gasteiger charge is 2.17. The van der Waals surface area contributed by atoms with Crippen LogP contribution in [0.5, 0.6) is 0 Å². The topological polar surface area (TPSA) is 105 Å². The van der Waals surface area contributed by atoms with Crippen LogP contribution in [0.2, 0.25) is 5.02 Å². The minimum Gasteiger partial charge on any atom is -0.457 e. The number of para-hydroxylation sites is 1. The van der Waals surface area contributed by atoms with Gasteiger partial charge in [-0.05, 0) is 30.2 Å². The van der Waals surface area contributed by atoms with Gasteiger partial charge in [-0.15, -0.1) is 0 Å². The lowest BCUT2D eigenvalue weighted by atomic mass is 10.1. The number of carbonyl (C=O) groups excluding carboxylic acids is 2. The van der Waals surface area contributed by atoms with Gasteiger partial charge in [0.1, 0.15) is 0 Å². The molecule has 7 nitrogen and oxygen atoms in total. The second-order valence-corrected chi connectivity index (χ2v) is 8.79. The number of aromatic nitrogens is 1. The number of carbonyl (C=O) groups is 2. The third kappa shape index (κ3) is 5.08. The number of H-pyrrole nitrogens is 1. The minimum absolute atomic E-state index is 0.00401. The second kappa shape index (κ2) is 9.42. The van der Waals surface area contributed by atoms with Gasteiger partial charge in [-0.1, -0.05) is 42.8 Å². The van der Waals surface area contributed by atoms with Crippen molar-refractivity contribution in [3.8, 4) is 0 Å². The van der Waals surface area contributed by atoms with Gasteiger partial charge < -0.3 is 9.72 Å². The molecule has 158 valence electrons. The number of Topliss-reactive ketones (excluding diaryl/α,β-unsaturated/α-hetero) is 1. The number of esters is 1. The van der Waals surface area contributed by atoms with Gasteiger partial charge in [0.05, 0.1) is 11.3 Å². The summed E-state index contributed by atoms with van der Waals surface area (Å²) in [7, 11) is -3.79. The molecule has 0 radical (unpaired) electrons. The van der Waals surface area contributed by atoms with Crippen molar-refractivity contribution in [1.29, 1.82) is 0 Å². The molecule has 1 aromatic heterocycles. The Hall–Kier alpha value is -2.68. The number of aryl methyl sites for hydroxylation is 1. The molecule has 3 aromatic rings. The van der Waals surface area contributed by atoms with Crippen molar-refractivity contribution in [2.75, 3.05) is 13.2 Å². The van der Waals surface area contributed by atoms with E-state index in [4.69, 9.17) is 16.3 Å². The van der Waals surface area contributed by atoms with Gasteiger partial charge in [0, 0.05) is 34.2 Å². The molecule has 9 heteroatoms. The first kappa shape index (κ1) is 22.0. The number of nitrogens with one attached hydrogen (secondary N) is 2. The lowest BCUT2D eigenvalue weighted by Crippen LogP contribution is -2.27. The third-order valence-electron chi connectivity index (χ3n) is 4.57. The van der Waals surface area contributed by atoms with Crippen LogP contribution in [-0.2, 0) is 26.0 Å². The maximum atomic E-state index is 12.5. The summed E-state index contributed by atoms with van der Waals surface area (Å²) < 4.78 is 31.7. The number of fused-ring (bicyclic) bond motifs is 1. The van der Waals surface area contributed by atoms with Crippen molar-refractivity contribution in [1.82, 2.24) is 9.71 Å². The van der Waals surface area contributed by atoms with Crippen LogP contribution in [-0.4, -0.2) is 38.3 Å². The van der Waals surface area contributed by atoms with E-state index in [1.54, 1.807) is 12.3 Å². The summed E-state index contributed by atoms with van der Waals surface area (Å²) in [5, 5.41) is 1.07. The molecular weight excluding hydrogens is 428 g/mol. The van der Waals surface area contributed by atoms with Gasteiger partial charge in [-0.2, -0.15) is 0 Å². The van der Waals surface area contributed by atoms with Gasteiger partial charge in [0.25, 0.3) is 0 Å². The van der Waals surface area contributed by atoms with Crippen molar-refractivity contribution >= 4 is 44.3 Å². The van der Waals surface area contributed by atoms with E-state index in [2.05, 4.69) is 9.71 Å². The summed E-state index contributed by atoms with van der Waals surface area (Å²) in [6, 6.07) is 11.5. The Morgan fingerprint density at radius 3 is 2.67 bits per heavy atom. The number of ketones is 1. The highest BCUT2D eigenvalue weighted by Crippen LogP contribution is 2.22. The molecule has 2 aromatic carbocycles. The summed E-state index contributed by atoms with van der Waals surface area (Å²) in [6.45, 7) is 1.46. The average Bonchev–Trinajstić information content (AvgIpc) is 3.16. The van der Waals surface area contributed by atoms with Crippen LogP contribution in [0.15, 0.2) is 53.6 Å². The predicted octanol–water partition coefficient (Wildman–Crippen LogP) is 3.48. The van der Waals surface area contributed by atoms with Crippen molar-refractivity contribution in [3.63, 3.8) is 0 Å². The summed E-state index contributed by atoms with van der Waals surface area (Å²) in [5.41, 5.74) is 2.44. The number of ether oxygens (including phenoxy) is 1. The molecule has 0 spiro atoms. The Morgan fingerprint density at radius 1 is 1.17 bits per heavy atom. The molecule has 0 saturated heterocycles. The van der Waals surface area contributed by atoms with Crippen LogP contribution in [0.4, 0.5) is 0 Å². The normalized spacial score (nSPS) is 11.5. The lowest BCUT2D eigenvalue weighted by Gasteiger charge is -2.07. The van der Waals surface area contributed by atoms with E-state index in [0.29, 0.717) is 10.6 Å². The molecule has 3 rings (SSSR count). The summed E-state index contributed by atoms with van der Waals surface area (Å²) in [6.07, 6.45) is 2.23. The molecule has 2 N–H and O–H groups in total. The Balaban J connectivity index is 1.52. The Labute approximate surface area is 179 Å². The molecule has 0 amide bonds. The lowest BCUT2D eigenvalue weighted by molar-refractivity contribution is -0.142. The molecule has 1 heterocycles. The van der Waals surface area contributed by atoms with Crippen LogP contribution < -0.4 is 4.72 Å². The van der Waals surface area contributed by atoms with E-state index in [0.717, 1.165) is 22.9 Å². The maximum absolute atomic E-state index is 12.5. The predicted molar refractivity (Wildman–Crippen MR) is 114 cm³/mol. The molecule has 0 aliphatic rings. The zero-order valence-corrected chi connectivity index (χ0v) is 17.8. The van der Waals surface area contributed by atoms with Crippen LogP contribution in [0.25, 0.3) is 10.9 Å². The van der Waals surface area contributed by atoms with Crippen molar-refractivity contribution in [2.45, 2.75) is 24.7 Å². The third-order valence-corrected chi connectivity index (χ3v) is 6.27. The summed E-state index contributed by atoms with van der Waals surface area (Å²) in [4.78, 5) is 27.5. The summed E-state index contributed by atoms with van der Waals surface area (Å²) >= 11 is 5.80. The van der Waals surface area contributed by atoms with Gasteiger partial charge in [-0.25, -0.2) is 13.1 Å². The van der Waals surface area contributed by atoms with E-state index in [1.165, 1.54) is 18.2 Å². The van der Waals surface area contributed by atoms with Crippen molar-refractivity contribution in [3.05, 3.63) is 64.8 Å². The average molecular weight is 449 g/mol. The van der Waals surface area contributed by atoms with Crippen molar-refractivity contribution < 1.29 is 22.7 Å². The van der Waals surface area contributed by atoms with Crippen LogP contribution in [0, 0.1) is 0 Å². The molecule has 0 bridgehead atoms. The molecule has 30 heavy (non-hydrogen) atoms. The highest BCUT2D eigenvalue weighted by molar-refractivity contribution is 7.89. The number of hydrogen-bond donors (Lipinski definition) is 2. The van der Waals surface area contributed by atoms with Gasteiger partial charge in [0.2, 0.25) is 15.8 Å². The van der Waals surface area contributed by atoms with Gasteiger partial charge >= 0.3 is 5.97 Å². The first-order chi connectivity index (χ1) is 14.3. The first-order valence-corrected chi connectivity index (χ1v) is 11.2. The number of sulfonamides is 1. The molecule has 0 unspecified atom stereocenters.